The maximum Gasteiger partial charge on any atom is 0.269 e. The zero-order chi connectivity index (χ0) is 13.3. The zero-order valence-corrected chi connectivity index (χ0v) is 9.34. The van der Waals surface area contributed by atoms with Gasteiger partial charge < -0.3 is 4.52 Å². The van der Waals surface area contributed by atoms with Gasteiger partial charge in [-0.15, -0.1) is 0 Å². The van der Waals surface area contributed by atoms with Crippen LogP contribution in [0.15, 0.2) is 33.9 Å². The molecular formula is C9H7F3N2O3S. The lowest BCUT2D eigenvalue weighted by Gasteiger charge is -2.07. The summed E-state index contributed by atoms with van der Waals surface area (Å²) in [6, 6.07) is 1.66. The molecule has 98 valence electrons. The van der Waals surface area contributed by atoms with Crippen molar-refractivity contribution in [3.8, 4) is 0 Å². The number of nitrogens with zero attached hydrogens (tertiary/aromatic N) is 1. The van der Waals surface area contributed by atoms with Gasteiger partial charge in [-0.1, -0.05) is 5.16 Å². The SMILES string of the molecule is O=S(=O)(Nc1ccon1)c1c(F)cc(F)cc1F.[HH]. The van der Waals surface area contributed by atoms with Crippen LogP contribution in [0.3, 0.4) is 0 Å². The van der Waals surface area contributed by atoms with Gasteiger partial charge in [0.2, 0.25) is 0 Å². The van der Waals surface area contributed by atoms with E-state index < -0.39 is 32.4 Å². The van der Waals surface area contributed by atoms with Crippen molar-refractivity contribution < 1.29 is 27.5 Å². The van der Waals surface area contributed by atoms with Crippen molar-refractivity contribution in [3.05, 3.63) is 41.9 Å². The Morgan fingerprint density at radius 1 is 1.22 bits per heavy atom. The van der Waals surface area contributed by atoms with E-state index in [9.17, 15) is 21.6 Å². The van der Waals surface area contributed by atoms with Crippen LogP contribution in [0.4, 0.5) is 19.0 Å². The lowest BCUT2D eigenvalue weighted by atomic mass is 10.3. The predicted octanol–water partition coefficient (Wildman–Crippen LogP) is 2.14. The van der Waals surface area contributed by atoms with Crippen LogP contribution in [0, 0.1) is 17.5 Å². The minimum atomic E-state index is -4.55. The monoisotopic (exact) mass is 280 g/mol. The number of nitrogens with one attached hydrogen (secondary N) is 1. The molecule has 5 nitrogen and oxygen atoms in total. The molecule has 0 atom stereocenters. The van der Waals surface area contributed by atoms with Gasteiger partial charge in [-0.2, -0.15) is 0 Å². The molecule has 0 amide bonds. The molecule has 0 fully saturated rings. The third kappa shape index (κ3) is 2.30. The molecule has 1 aromatic heterocycles. The van der Waals surface area contributed by atoms with E-state index in [-0.39, 0.29) is 19.4 Å². The maximum absolute atomic E-state index is 13.3. The van der Waals surface area contributed by atoms with Gasteiger partial charge in [0.05, 0.1) is 0 Å². The summed E-state index contributed by atoms with van der Waals surface area (Å²) in [5.41, 5.74) is 0. The van der Waals surface area contributed by atoms with Crippen LogP contribution in [0.1, 0.15) is 1.43 Å². The summed E-state index contributed by atoms with van der Waals surface area (Å²) < 4.78 is 68.7. The third-order valence-electron chi connectivity index (χ3n) is 1.91. The second-order valence-electron chi connectivity index (χ2n) is 3.19. The molecule has 2 rings (SSSR count). The fraction of sp³-hybridized carbons (Fsp3) is 0. The molecule has 18 heavy (non-hydrogen) atoms. The van der Waals surface area contributed by atoms with Gasteiger partial charge in [0.15, 0.2) is 10.7 Å². The number of anilines is 1. The minimum Gasteiger partial charge on any atom is -0.363 e. The van der Waals surface area contributed by atoms with Crippen LogP contribution in [-0.4, -0.2) is 13.6 Å². The molecule has 2 aromatic rings. The Hall–Kier alpha value is -2.03. The van der Waals surface area contributed by atoms with Crippen LogP contribution in [-0.2, 0) is 10.0 Å². The molecule has 0 aliphatic heterocycles. The number of sulfonamides is 1. The van der Waals surface area contributed by atoms with Crippen LogP contribution in [0.25, 0.3) is 0 Å². The van der Waals surface area contributed by atoms with E-state index in [2.05, 4.69) is 9.68 Å². The summed E-state index contributed by atoms with van der Waals surface area (Å²) in [5.74, 6) is -4.55. The van der Waals surface area contributed by atoms with Crippen molar-refractivity contribution in [1.29, 1.82) is 0 Å². The number of hydrogen-bond donors (Lipinski definition) is 1. The van der Waals surface area contributed by atoms with Crippen molar-refractivity contribution in [2.24, 2.45) is 0 Å². The van der Waals surface area contributed by atoms with E-state index in [0.29, 0.717) is 0 Å². The van der Waals surface area contributed by atoms with Crippen molar-refractivity contribution in [2.75, 3.05) is 4.72 Å². The number of benzene rings is 1. The molecule has 1 heterocycles. The molecular weight excluding hydrogens is 273 g/mol. The molecule has 0 aliphatic rings. The van der Waals surface area contributed by atoms with Crippen LogP contribution < -0.4 is 4.72 Å². The third-order valence-corrected chi connectivity index (χ3v) is 3.31. The van der Waals surface area contributed by atoms with Crippen LogP contribution in [0.5, 0.6) is 0 Å². The van der Waals surface area contributed by atoms with Crippen LogP contribution >= 0.6 is 0 Å². The van der Waals surface area contributed by atoms with E-state index in [4.69, 9.17) is 0 Å². The topological polar surface area (TPSA) is 72.2 Å². The van der Waals surface area contributed by atoms with Crippen molar-refractivity contribution in [3.63, 3.8) is 0 Å². The molecule has 0 unspecified atom stereocenters. The number of hydrogen-bond acceptors (Lipinski definition) is 4. The Morgan fingerprint density at radius 2 is 1.83 bits per heavy atom. The Labute approximate surface area is 101 Å². The quantitative estimate of drug-likeness (QED) is 0.934. The molecule has 9 heteroatoms. The smallest absolute Gasteiger partial charge is 0.269 e. The summed E-state index contributed by atoms with van der Waals surface area (Å²) >= 11 is 0. The summed E-state index contributed by atoms with van der Waals surface area (Å²) in [6.07, 6.45) is 1.06. The van der Waals surface area contributed by atoms with E-state index in [1.165, 1.54) is 0 Å². The molecule has 1 aromatic carbocycles. The van der Waals surface area contributed by atoms with Gasteiger partial charge >= 0.3 is 0 Å². The number of aromatic nitrogens is 1. The minimum absolute atomic E-state index is 0. The second-order valence-corrected chi connectivity index (χ2v) is 4.81. The molecule has 0 aliphatic carbocycles. The number of rotatable bonds is 3. The van der Waals surface area contributed by atoms with E-state index in [1.54, 1.807) is 4.72 Å². The van der Waals surface area contributed by atoms with Gasteiger partial charge in [-0.3, -0.25) is 4.72 Å². The highest BCUT2D eigenvalue weighted by atomic mass is 32.2. The van der Waals surface area contributed by atoms with Crippen molar-refractivity contribution in [2.45, 2.75) is 4.90 Å². The molecule has 0 spiro atoms. The summed E-state index contributed by atoms with van der Waals surface area (Å²) in [7, 11) is -4.55. The fourth-order valence-corrected chi connectivity index (χ4v) is 2.35. The van der Waals surface area contributed by atoms with Gasteiger partial charge in [-0.25, -0.2) is 21.6 Å². The maximum atomic E-state index is 13.3. The van der Waals surface area contributed by atoms with Crippen molar-refractivity contribution >= 4 is 15.8 Å². The van der Waals surface area contributed by atoms with Crippen molar-refractivity contribution in [1.82, 2.24) is 5.16 Å². The standard InChI is InChI=1S/C9H5F3N2O3S.H2/c10-5-3-6(11)9(7(12)4-5)18(15,16)14-8-1-2-17-13-8;/h1-4H,(H,13,14);1H. The summed E-state index contributed by atoms with van der Waals surface area (Å²) in [5, 5.41) is 3.22. The molecule has 0 bridgehead atoms. The lowest BCUT2D eigenvalue weighted by molar-refractivity contribution is 0.423. The number of halogens is 3. The highest BCUT2D eigenvalue weighted by Crippen LogP contribution is 2.22. The Balaban J connectivity index is 0.00000180. The van der Waals surface area contributed by atoms with Crippen LogP contribution in [0.2, 0.25) is 0 Å². The Morgan fingerprint density at radius 3 is 2.33 bits per heavy atom. The summed E-state index contributed by atoms with van der Waals surface area (Å²) in [6.45, 7) is 0. The van der Waals surface area contributed by atoms with E-state index in [0.717, 1.165) is 12.3 Å². The van der Waals surface area contributed by atoms with Gasteiger partial charge in [-0.05, 0) is 0 Å². The molecule has 0 radical (unpaired) electrons. The Bertz CT molecular complexity index is 653. The van der Waals surface area contributed by atoms with Gasteiger partial charge in [0.25, 0.3) is 10.0 Å². The average molecular weight is 280 g/mol. The average Bonchev–Trinajstić information content (AvgIpc) is 2.66. The highest BCUT2D eigenvalue weighted by molar-refractivity contribution is 7.92. The molecule has 0 saturated heterocycles. The normalized spacial score (nSPS) is 11.5. The predicted molar refractivity (Wildman–Crippen MR) is 55.7 cm³/mol. The molecule has 0 saturated carbocycles. The Kier molecular flexibility index (Phi) is 2.99. The van der Waals surface area contributed by atoms with E-state index >= 15 is 0 Å². The van der Waals surface area contributed by atoms with E-state index in [1.807, 2.05) is 0 Å². The first-order valence-corrected chi connectivity index (χ1v) is 5.96. The molecule has 1 N–H and O–H groups in total. The second kappa shape index (κ2) is 4.33. The largest absolute Gasteiger partial charge is 0.363 e. The van der Waals surface area contributed by atoms with Gasteiger partial charge in [0.1, 0.15) is 23.7 Å². The lowest BCUT2D eigenvalue weighted by Crippen LogP contribution is -2.17. The highest BCUT2D eigenvalue weighted by Gasteiger charge is 2.25. The first-order chi connectivity index (χ1) is 8.40. The summed E-state index contributed by atoms with van der Waals surface area (Å²) in [4.78, 5) is -1.29. The fourth-order valence-electron chi connectivity index (χ4n) is 1.24. The van der Waals surface area contributed by atoms with Gasteiger partial charge in [0, 0.05) is 19.6 Å². The zero-order valence-electron chi connectivity index (χ0n) is 8.52. The first-order valence-electron chi connectivity index (χ1n) is 4.48. The first kappa shape index (κ1) is 12.4.